The van der Waals surface area contributed by atoms with E-state index < -0.39 is 0 Å². The van der Waals surface area contributed by atoms with Gasteiger partial charge in [0.2, 0.25) is 11.5 Å². The lowest BCUT2D eigenvalue weighted by Gasteiger charge is -2.27. The maximum atomic E-state index is 9.84. The normalized spacial score (nSPS) is 14.8. The van der Waals surface area contributed by atoms with Crippen molar-refractivity contribution < 1.29 is 28.8 Å². The zero-order valence-electron chi connectivity index (χ0n) is 15.3. The van der Waals surface area contributed by atoms with Gasteiger partial charge in [0.25, 0.3) is 0 Å². The zero-order valence-corrected chi connectivity index (χ0v) is 16.1. The first-order valence-corrected chi connectivity index (χ1v) is 8.39. The van der Waals surface area contributed by atoms with Gasteiger partial charge in [-0.05, 0) is 24.3 Å². The molecule has 2 aromatic rings. The molecule has 0 unspecified atom stereocenters. The molecule has 1 aliphatic rings. The highest BCUT2D eigenvalue weighted by molar-refractivity contribution is 5.85. The van der Waals surface area contributed by atoms with Crippen LogP contribution in [0.15, 0.2) is 36.4 Å². The predicted molar refractivity (Wildman–Crippen MR) is 103 cm³/mol. The van der Waals surface area contributed by atoms with Crippen molar-refractivity contribution >= 4 is 12.4 Å². The molecule has 1 atom stereocenters. The summed E-state index contributed by atoms with van der Waals surface area (Å²) in [6.07, 6.45) is -0.184. The Labute approximate surface area is 164 Å². The van der Waals surface area contributed by atoms with Gasteiger partial charge in [0.15, 0.2) is 23.0 Å². The average Bonchev–Trinajstić information content (AvgIpc) is 2.68. The second-order valence-electron chi connectivity index (χ2n) is 5.70. The minimum absolute atomic E-state index is 0. The van der Waals surface area contributed by atoms with Crippen molar-refractivity contribution in [3.63, 3.8) is 0 Å². The minimum Gasteiger partial charge on any atom is -0.504 e. The number of methoxy groups -OCH3 is 2. The molecule has 0 fully saturated rings. The standard InChI is InChI=1S/C19H23NO6.ClH/c1-22-15-6-4-7-16(23-2)19(15)24-10-9-20-11-13-12-25-17-8-3-5-14(21)18(17)26-13;/h3-8,13,20-21H,9-12H2,1-2H3;1H/t13-;/m0./s1. The van der Waals surface area contributed by atoms with E-state index in [-0.39, 0.29) is 24.3 Å². The first kappa shape index (κ1) is 20.8. The maximum Gasteiger partial charge on any atom is 0.203 e. The van der Waals surface area contributed by atoms with Crippen LogP contribution in [0.1, 0.15) is 0 Å². The van der Waals surface area contributed by atoms with E-state index in [4.69, 9.17) is 23.7 Å². The second-order valence-corrected chi connectivity index (χ2v) is 5.70. The topological polar surface area (TPSA) is 78.4 Å². The number of para-hydroxylation sites is 2. The van der Waals surface area contributed by atoms with Crippen LogP contribution in [0.25, 0.3) is 0 Å². The number of rotatable bonds is 8. The van der Waals surface area contributed by atoms with E-state index in [0.717, 1.165) is 0 Å². The van der Waals surface area contributed by atoms with Gasteiger partial charge >= 0.3 is 0 Å². The molecule has 0 saturated carbocycles. The maximum absolute atomic E-state index is 9.84. The number of phenols is 1. The van der Waals surface area contributed by atoms with Gasteiger partial charge in [0, 0.05) is 13.1 Å². The van der Waals surface area contributed by atoms with Gasteiger partial charge in [-0.1, -0.05) is 12.1 Å². The number of benzene rings is 2. The summed E-state index contributed by atoms with van der Waals surface area (Å²) < 4.78 is 27.8. The Morgan fingerprint density at radius 3 is 2.52 bits per heavy atom. The van der Waals surface area contributed by atoms with Crippen molar-refractivity contribution in [1.29, 1.82) is 0 Å². The molecular weight excluding hydrogens is 374 g/mol. The van der Waals surface area contributed by atoms with E-state index in [0.29, 0.717) is 55.1 Å². The highest BCUT2D eigenvalue weighted by Gasteiger charge is 2.23. The monoisotopic (exact) mass is 397 g/mol. The van der Waals surface area contributed by atoms with Crippen LogP contribution in [-0.4, -0.2) is 51.7 Å². The van der Waals surface area contributed by atoms with Crippen LogP contribution in [0.5, 0.6) is 34.5 Å². The molecule has 0 saturated heterocycles. The third-order valence-electron chi connectivity index (χ3n) is 3.95. The fourth-order valence-corrected chi connectivity index (χ4v) is 2.67. The Bertz CT molecular complexity index is 720. The molecule has 0 aliphatic carbocycles. The van der Waals surface area contributed by atoms with Gasteiger partial charge < -0.3 is 34.1 Å². The van der Waals surface area contributed by atoms with Crippen LogP contribution < -0.4 is 29.0 Å². The first-order valence-electron chi connectivity index (χ1n) is 8.39. The SMILES string of the molecule is COc1cccc(OC)c1OCCNC[C@H]1COc2cccc(O)c2O1.Cl. The highest BCUT2D eigenvalue weighted by atomic mass is 35.5. The molecule has 0 bridgehead atoms. The van der Waals surface area contributed by atoms with Crippen molar-refractivity contribution in [1.82, 2.24) is 5.32 Å². The molecule has 7 nitrogen and oxygen atoms in total. The van der Waals surface area contributed by atoms with E-state index in [2.05, 4.69) is 5.32 Å². The molecule has 0 amide bonds. The van der Waals surface area contributed by atoms with E-state index in [9.17, 15) is 5.11 Å². The molecule has 2 aromatic carbocycles. The second kappa shape index (κ2) is 9.99. The first-order chi connectivity index (χ1) is 12.7. The van der Waals surface area contributed by atoms with Gasteiger partial charge in [-0.15, -0.1) is 12.4 Å². The fraction of sp³-hybridized carbons (Fsp3) is 0.368. The van der Waals surface area contributed by atoms with Crippen molar-refractivity contribution in [2.45, 2.75) is 6.10 Å². The smallest absolute Gasteiger partial charge is 0.203 e. The van der Waals surface area contributed by atoms with Gasteiger partial charge in [0.05, 0.1) is 14.2 Å². The minimum atomic E-state index is -0.184. The van der Waals surface area contributed by atoms with E-state index in [1.807, 2.05) is 18.2 Å². The number of nitrogens with one attached hydrogen (secondary N) is 1. The largest absolute Gasteiger partial charge is 0.504 e. The lowest BCUT2D eigenvalue weighted by atomic mass is 10.2. The summed E-state index contributed by atoms with van der Waals surface area (Å²) in [6.45, 7) is 2.03. The molecule has 1 aliphatic heterocycles. The molecule has 0 aromatic heterocycles. The van der Waals surface area contributed by atoms with E-state index in [1.54, 1.807) is 32.4 Å². The van der Waals surface area contributed by atoms with Crippen LogP contribution in [0.3, 0.4) is 0 Å². The van der Waals surface area contributed by atoms with Crippen LogP contribution in [0, 0.1) is 0 Å². The Balaban J connectivity index is 0.00000261. The number of ether oxygens (including phenoxy) is 5. The molecule has 2 N–H and O–H groups in total. The summed E-state index contributed by atoms with van der Waals surface area (Å²) in [5.41, 5.74) is 0. The average molecular weight is 398 g/mol. The zero-order chi connectivity index (χ0) is 18.4. The van der Waals surface area contributed by atoms with Gasteiger partial charge in [-0.3, -0.25) is 0 Å². The van der Waals surface area contributed by atoms with Crippen molar-refractivity contribution in [2.24, 2.45) is 0 Å². The summed E-state index contributed by atoms with van der Waals surface area (Å²) >= 11 is 0. The summed E-state index contributed by atoms with van der Waals surface area (Å²) in [5, 5.41) is 13.1. The summed E-state index contributed by atoms with van der Waals surface area (Å²) in [6, 6.07) is 10.6. The number of aromatic hydroxyl groups is 1. The lowest BCUT2D eigenvalue weighted by Crippen LogP contribution is -2.39. The highest BCUT2D eigenvalue weighted by Crippen LogP contribution is 2.39. The van der Waals surface area contributed by atoms with Crippen molar-refractivity contribution in [3.8, 4) is 34.5 Å². The van der Waals surface area contributed by atoms with E-state index >= 15 is 0 Å². The Morgan fingerprint density at radius 2 is 1.81 bits per heavy atom. The molecule has 0 spiro atoms. The van der Waals surface area contributed by atoms with Crippen molar-refractivity contribution in [3.05, 3.63) is 36.4 Å². The van der Waals surface area contributed by atoms with Crippen molar-refractivity contribution in [2.75, 3.05) is 40.5 Å². The molecule has 1 heterocycles. The third-order valence-corrected chi connectivity index (χ3v) is 3.95. The summed E-state index contributed by atoms with van der Waals surface area (Å²) in [4.78, 5) is 0. The van der Waals surface area contributed by atoms with Gasteiger partial charge in [0.1, 0.15) is 19.3 Å². The van der Waals surface area contributed by atoms with Crippen LogP contribution in [0.2, 0.25) is 0 Å². The Kier molecular flexibility index (Phi) is 7.69. The molecule has 27 heavy (non-hydrogen) atoms. The number of halogens is 1. The molecule has 0 radical (unpaired) electrons. The molecular formula is C19H24ClNO6. The summed E-state index contributed by atoms with van der Waals surface area (Å²) in [5.74, 6) is 2.86. The number of phenolic OH excluding ortho intramolecular Hbond substituents is 1. The van der Waals surface area contributed by atoms with Gasteiger partial charge in [-0.2, -0.15) is 0 Å². The molecule has 3 rings (SSSR count). The van der Waals surface area contributed by atoms with Gasteiger partial charge in [-0.25, -0.2) is 0 Å². The van der Waals surface area contributed by atoms with E-state index in [1.165, 1.54) is 0 Å². The van der Waals surface area contributed by atoms with Crippen LogP contribution in [-0.2, 0) is 0 Å². The third kappa shape index (κ3) is 5.02. The quantitative estimate of drug-likeness (QED) is 0.663. The fourth-order valence-electron chi connectivity index (χ4n) is 2.67. The Morgan fingerprint density at radius 1 is 1.11 bits per heavy atom. The van der Waals surface area contributed by atoms with Crippen LogP contribution >= 0.6 is 12.4 Å². The number of fused-ring (bicyclic) bond motifs is 1. The molecule has 8 heteroatoms. The molecule has 148 valence electrons. The Hall–Kier alpha value is -2.51. The number of hydrogen-bond acceptors (Lipinski definition) is 7. The summed E-state index contributed by atoms with van der Waals surface area (Å²) in [7, 11) is 3.18. The predicted octanol–water partition coefficient (Wildman–Crippen LogP) is 2.64. The number of hydrogen-bond donors (Lipinski definition) is 2. The lowest BCUT2D eigenvalue weighted by molar-refractivity contribution is 0.0859. The van der Waals surface area contributed by atoms with Crippen LogP contribution in [0.4, 0.5) is 0 Å².